The quantitative estimate of drug-likeness (QED) is 0.793. The molecule has 1 aromatic carbocycles. The number of carbonyl (C=O) groups is 1. The highest BCUT2D eigenvalue weighted by atomic mass is 16.5. The molecule has 2 saturated heterocycles. The van der Waals surface area contributed by atoms with Crippen molar-refractivity contribution < 1.29 is 14.6 Å². The number of likely N-dealkylation sites (tertiary alicyclic amines) is 1. The van der Waals surface area contributed by atoms with E-state index in [-0.39, 0.29) is 11.3 Å². The molecule has 0 aromatic heterocycles. The van der Waals surface area contributed by atoms with Crippen LogP contribution in [0.25, 0.3) is 0 Å². The fourth-order valence-electron chi connectivity index (χ4n) is 4.97. The second-order valence-electron chi connectivity index (χ2n) is 10.4. The minimum absolute atomic E-state index is 0.169. The first-order chi connectivity index (χ1) is 14.8. The molecule has 2 aliphatic rings. The van der Waals surface area contributed by atoms with Crippen LogP contribution >= 0.6 is 0 Å². The molecule has 0 unspecified atom stereocenters. The number of fused-ring (bicyclic) bond motifs is 1. The molecule has 174 valence electrons. The summed E-state index contributed by atoms with van der Waals surface area (Å²) in [7, 11) is 1.83. The van der Waals surface area contributed by atoms with Gasteiger partial charge in [-0.3, -0.25) is 4.79 Å². The van der Waals surface area contributed by atoms with E-state index in [1.165, 1.54) is 12.0 Å². The average Bonchev–Trinajstić information content (AvgIpc) is 2.75. The summed E-state index contributed by atoms with van der Waals surface area (Å²) < 4.78 is 5.94. The van der Waals surface area contributed by atoms with E-state index < -0.39 is 6.10 Å². The Balaban J connectivity index is 1.56. The van der Waals surface area contributed by atoms with Gasteiger partial charge in [-0.2, -0.15) is 0 Å². The predicted octanol–water partition coefficient (Wildman–Crippen LogP) is 3.60. The van der Waals surface area contributed by atoms with E-state index in [1.54, 1.807) is 4.90 Å². The van der Waals surface area contributed by atoms with Gasteiger partial charge in [-0.25, -0.2) is 0 Å². The number of nitrogens with zero attached hydrogens (tertiary/aromatic N) is 2. The molecule has 2 heterocycles. The first-order valence-corrected chi connectivity index (χ1v) is 12.1. The lowest BCUT2D eigenvalue weighted by atomic mass is 9.80. The van der Waals surface area contributed by atoms with Crippen LogP contribution in [-0.4, -0.2) is 73.4 Å². The maximum absolute atomic E-state index is 12.9. The minimum atomic E-state index is -0.579. The van der Waals surface area contributed by atoms with Crippen LogP contribution in [0.4, 0.5) is 0 Å². The average molecular weight is 431 g/mol. The number of piperidine rings is 1. The summed E-state index contributed by atoms with van der Waals surface area (Å²) in [5, 5.41) is 10.6. The second-order valence-corrected chi connectivity index (χ2v) is 10.4. The second kappa shape index (κ2) is 11.4. The number of β-amino-alcohol motifs (C(OH)–C–C–N with tert-alkyl or cyclic N) is 1. The van der Waals surface area contributed by atoms with Gasteiger partial charge in [-0.05, 0) is 62.6 Å². The number of aryl methyl sites for hydroxylation is 1. The van der Waals surface area contributed by atoms with Crippen LogP contribution in [0.15, 0.2) is 30.3 Å². The number of hydrogen-bond donors (Lipinski definition) is 1. The summed E-state index contributed by atoms with van der Waals surface area (Å²) in [5.41, 5.74) is 1.06. The van der Waals surface area contributed by atoms with Gasteiger partial charge in [0.25, 0.3) is 0 Å². The number of carbonyl (C=O) groups excluding carboxylic acids is 1. The van der Waals surface area contributed by atoms with Crippen molar-refractivity contribution in [1.29, 1.82) is 0 Å². The Morgan fingerprint density at radius 1 is 1.13 bits per heavy atom. The van der Waals surface area contributed by atoms with Crippen LogP contribution < -0.4 is 0 Å². The van der Waals surface area contributed by atoms with Crippen LogP contribution in [0.2, 0.25) is 0 Å². The molecule has 1 amide bonds. The standard InChI is InChI=1S/C26H42N2O3/c1-26(2)20-31-16-8-12-23-18-28(14-7-11-21-9-5-4-6-10-21)15-13-22(23)17-25(30)27(3)19-24(26)29/h4-6,9-10,22-24,29H,7-8,11-20H2,1-3H3/t22-,23-,24-/m0/s1. The number of ether oxygens (including phenoxy) is 1. The molecule has 5 nitrogen and oxygen atoms in total. The molecule has 0 radical (unpaired) electrons. The number of aliphatic hydroxyl groups excluding tert-OH is 1. The van der Waals surface area contributed by atoms with Gasteiger partial charge in [0.15, 0.2) is 0 Å². The fourth-order valence-corrected chi connectivity index (χ4v) is 4.97. The fraction of sp³-hybridized carbons (Fsp3) is 0.731. The SMILES string of the molecule is CN1C[C@H](O)C(C)(C)COCCC[C@H]2CN(CCCc3ccccc3)CC[C@H]2CC1=O. The third-order valence-corrected chi connectivity index (χ3v) is 7.31. The van der Waals surface area contributed by atoms with Gasteiger partial charge >= 0.3 is 0 Å². The number of amides is 1. The summed E-state index contributed by atoms with van der Waals surface area (Å²) in [6, 6.07) is 10.7. The van der Waals surface area contributed by atoms with E-state index in [0.29, 0.717) is 31.4 Å². The van der Waals surface area contributed by atoms with E-state index in [0.717, 1.165) is 51.9 Å². The Kier molecular flexibility index (Phi) is 8.94. The monoisotopic (exact) mass is 430 g/mol. The number of rotatable bonds is 4. The summed E-state index contributed by atoms with van der Waals surface area (Å²) in [6.07, 6.45) is 5.55. The van der Waals surface area contributed by atoms with Crippen LogP contribution in [0.1, 0.15) is 51.5 Å². The van der Waals surface area contributed by atoms with Gasteiger partial charge in [0.1, 0.15) is 0 Å². The first kappa shape index (κ1) is 24.2. The maximum atomic E-state index is 12.9. The third kappa shape index (κ3) is 7.30. The van der Waals surface area contributed by atoms with Gasteiger partial charge in [0.2, 0.25) is 5.91 Å². The smallest absolute Gasteiger partial charge is 0.222 e. The van der Waals surface area contributed by atoms with Crippen molar-refractivity contribution >= 4 is 5.91 Å². The topological polar surface area (TPSA) is 53.0 Å². The van der Waals surface area contributed by atoms with Crippen molar-refractivity contribution in [2.75, 3.05) is 46.4 Å². The lowest BCUT2D eigenvalue weighted by Gasteiger charge is -2.39. The molecule has 31 heavy (non-hydrogen) atoms. The Morgan fingerprint density at radius 2 is 1.90 bits per heavy atom. The molecule has 2 fully saturated rings. The lowest BCUT2D eigenvalue weighted by Crippen LogP contribution is -2.45. The van der Waals surface area contributed by atoms with E-state index in [4.69, 9.17) is 4.74 Å². The molecular weight excluding hydrogens is 388 g/mol. The molecular formula is C26H42N2O3. The number of benzene rings is 1. The van der Waals surface area contributed by atoms with Gasteiger partial charge in [0, 0.05) is 38.6 Å². The van der Waals surface area contributed by atoms with Gasteiger partial charge < -0.3 is 19.6 Å². The maximum Gasteiger partial charge on any atom is 0.222 e. The predicted molar refractivity (Wildman–Crippen MR) is 125 cm³/mol. The summed E-state index contributed by atoms with van der Waals surface area (Å²) in [6.45, 7) is 8.96. The van der Waals surface area contributed by atoms with Crippen LogP contribution in [-0.2, 0) is 16.0 Å². The molecule has 0 spiro atoms. The molecule has 3 rings (SSSR count). The van der Waals surface area contributed by atoms with Crippen molar-refractivity contribution in [1.82, 2.24) is 9.80 Å². The summed E-state index contributed by atoms with van der Waals surface area (Å²) in [4.78, 5) is 17.2. The summed E-state index contributed by atoms with van der Waals surface area (Å²) >= 11 is 0. The van der Waals surface area contributed by atoms with Gasteiger partial charge in [-0.1, -0.05) is 44.2 Å². The number of hydrogen-bond acceptors (Lipinski definition) is 4. The third-order valence-electron chi connectivity index (χ3n) is 7.31. The number of aliphatic hydroxyl groups is 1. The van der Waals surface area contributed by atoms with Crippen molar-refractivity contribution in [3.05, 3.63) is 35.9 Å². The molecule has 0 bridgehead atoms. The van der Waals surface area contributed by atoms with Crippen molar-refractivity contribution in [3.63, 3.8) is 0 Å². The van der Waals surface area contributed by atoms with Crippen LogP contribution in [0.5, 0.6) is 0 Å². The zero-order valence-electron chi connectivity index (χ0n) is 19.8. The van der Waals surface area contributed by atoms with Crippen molar-refractivity contribution in [2.45, 2.75) is 58.5 Å². The van der Waals surface area contributed by atoms with Crippen molar-refractivity contribution in [2.24, 2.45) is 17.3 Å². The molecule has 3 atom stereocenters. The largest absolute Gasteiger partial charge is 0.391 e. The summed E-state index contributed by atoms with van der Waals surface area (Å²) in [5.74, 6) is 1.15. The van der Waals surface area contributed by atoms with E-state index in [2.05, 4.69) is 35.2 Å². The van der Waals surface area contributed by atoms with Crippen LogP contribution in [0, 0.1) is 17.3 Å². The zero-order valence-corrected chi connectivity index (χ0v) is 19.8. The van der Waals surface area contributed by atoms with Crippen molar-refractivity contribution in [3.8, 4) is 0 Å². The molecule has 1 N–H and O–H groups in total. The van der Waals surface area contributed by atoms with E-state index in [1.807, 2.05) is 20.9 Å². The number of likely N-dealkylation sites (N-methyl/N-ethyl adjacent to an activating group) is 1. The molecule has 5 heteroatoms. The van der Waals surface area contributed by atoms with E-state index in [9.17, 15) is 9.90 Å². The Bertz CT molecular complexity index is 678. The van der Waals surface area contributed by atoms with E-state index >= 15 is 0 Å². The minimum Gasteiger partial charge on any atom is -0.391 e. The normalized spacial score (nSPS) is 28.8. The first-order valence-electron chi connectivity index (χ1n) is 12.1. The Hall–Kier alpha value is -1.43. The highest BCUT2D eigenvalue weighted by Gasteiger charge is 2.34. The Labute approximate surface area is 188 Å². The highest BCUT2D eigenvalue weighted by molar-refractivity contribution is 5.76. The molecule has 0 aliphatic carbocycles. The zero-order chi connectivity index (χ0) is 22.3. The van der Waals surface area contributed by atoms with Crippen LogP contribution in [0.3, 0.4) is 0 Å². The molecule has 2 aliphatic heterocycles. The molecule has 1 aromatic rings. The Morgan fingerprint density at radius 3 is 2.68 bits per heavy atom. The highest BCUT2D eigenvalue weighted by Crippen LogP contribution is 2.32. The molecule has 0 saturated carbocycles. The van der Waals surface area contributed by atoms with Gasteiger partial charge in [-0.15, -0.1) is 0 Å². The lowest BCUT2D eigenvalue weighted by molar-refractivity contribution is -0.134. The van der Waals surface area contributed by atoms with Gasteiger partial charge in [0.05, 0.1) is 12.7 Å².